The molecule has 0 aliphatic carbocycles. The molecule has 1 heterocycles. The number of rotatable bonds is 14. The third-order valence-corrected chi connectivity index (χ3v) is 6.86. The molecule has 1 aromatic rings. The van der Waals surface area contributed by atoms with Crippen molar-refractivity contribution in [3.63, 3.8) is 0 Å². The molecule has 39 heavy (non-hydrogen) atoms. The topological polar surface area (TPSA) is 164 Å². The highest BCUT2D eigenvalue weighted by molar-refractivity contribution is 6.40. The smallest absolute Gasteiger partial charge is 0.561 e. The lowest BCUT2D eigenvalue weighted by Gasteiger charge is -2.25. The molecule has 15 heteroatoms. The number of nitrogens with zero attached hydrogens (tertiary/aromatic N) is 3. The van der Waals surface area contributed by atoms with Gasteiger partial charge < -0.3 is 32.4 Å². The number of amides is 3. The number of nitrogens with two attached hydrogens (primary N) is 1. The van der Waals surface area contributed by atoms with E-state index in [1.807, 2.05) is 29.2 Å². The number of carbonyl (C=O) groups excluding carboxylic acids is 5. The van der Waals surface area contributed by atoms with E-state index in [4.69, 9.17) is 5.73 Å². The Balaban J connectivity index is 1.88. The first-order chi connectivity index (χ1) is 18.7. The van der Waals surface area contributed by atoms with Gasteiger partial charge in [0.25, 0.3) is 12.4 Å². The zero-order valence-corrected chi connectivity index (χ0v) is 23.3. The van der Waals surface area contributed by atoms with Crippen LogP contribution in [0.5, 0.6) is 0 Å². The van der Waals surface area contributed by atoms with Crippen LogP contribution in [0.2, 0.25) is 0 Å². The minimum absolute atomic E-state index is 0.0559. The van der Waals surface area contributed by atoms with E-state index in [9.17, 15) is 27.5 Å². The number of halogens is 1. The third kappa shape index (κ3) is 13.5. The molecule has 0 aromatic heterocycles. The first kappa shape index (κ1) is 32.1. The molecule has 0 unspecified atom stereocenters. The molecule has 0 spiro atoms. The van der Waals surface area contributed by atoms with Gasteiger partial charge in [0.1, 0.15) is 0 Å². The van der Waals surface area contributed by atoms with Crippen molar-refractivity contribution in [3.05, 3.63) is 35.4 Å². The summed E-state index contributed by atoms with van der Waals surface area (Å²) in [7, 11) is 0. The van der Waals surface area contributed by atoms with Gasteiger partial charge in [-0.05, 0) is 17.7 Å². The van der Waals surface area contributed by atoms with E-state index in [0.717, 1.165) is 37.3 Å². The Labute approximate surface area is 232 Å². The van der Waals surface area contributed by atoms with Gasteiger partial charge in [0.2, 0.25) is 17.7 Å². The lowest BCUT2D eigenvalue weighted by Crippen LogP contribution is -2.40. The predicted molar refractivity (Wildman–Crippen MR) is 139 cm³/mol. The molecule has 2 rings (SSSR count). The number of benzene rings is 1. The fourth-order valence-electron chi connectivity index (χ4n) is 3.91. The number of hydrogen-bond acceptors (Lipinski definition) is 10. The normalized spacial score (nSPS) is 15.2. The van der Waals surface area contributed by atoms with E-state index < -0.39 is 33.1 Å². The average molecular weight is 567 g/mol. The van der Waals surface area contributed by atoms with Crippen molar-refractivity contribution in [1.29, 1.82) is 0 Å². The lowest BCUT2D eigenvalue weighted by atomic mass is 10.1. The Bertz CT molecular complexity index is 971. The minimum atomic E-state index is -3.79. The predicted octanol–water partition coefficient (Wildman–Crippen LogP) is -1.94. The lowest BCUT2D eigenvalue weighted by molar-refractivity contribution is -0.139. The maximum atomic E-state index is 13.4. The quantitative estimate of drug-likeness (QED) is 0.171. The highest BCUT2D eigenvalue weighted by Gasteiger charge is 2.39. The summed E-state index contributed by atoms with van der Waals surface area (Å²) in [6.45, 7) is 7.20. The van der Waals surface area contributed by atoms with Crippen LogP contribution in [0.25, 0.3) is 0 Å². The molecule has 1 aliphatic heterocycles. The standard InChI is InChI=1S/C23H36N6O5.CH2O2.Al.FH/c1-2-27-7-9-28(11-12-29(10-8-27)17-23(33)34)16-19-5-3-18(4-6-19)13-21(31)26-15-22(32)25-14-20(24)30;2-1-3;;/h3-6H,2,7-17H2,1H3,(H2,24,30)(H,25,32)(H,26,31)(H,33,34);1H,(H,2,3);;1H/q;;+3;/p-3. The molecule has 4 N–H and O–H groups in total. The second-order valence-corrected chi connectivity index (χ2v) is 10.1. The van der Waals surface area contributed by atoms with Crippen LogP contribution in [-0.2, 0) is 44.5 Å². The Hall–Kier alpha value is -3.09. The third-order valence-electron chi connectivity index (χ3n) is 6.08. The zero-order valence-electron chi connectivity index (χ0n) is 22.1. The second-order valence-electron chi connectivity index (χ2n) is 9.00. The summed E-state index contributed by atoms with van der Waals surface area (Å²) in [5, 5.41) is 4.80. The molecule has 3 amide bonds. The van der Waals surface area contributed by atoms with E-state index in [1.54, 1.807) is 0 Å². The molecule has 1 fully saturated rings. The van der Waals surface area contributed by atoms with Gasteiger partial charge in [-0.3, -0.25) is 33.8 Å². The average Bonchev–Trinajstić information content (AvgIpc) is 2.98. The summed E-state index contributed by atoms with van der Waals surface area (Å²) in [6.07, 6.45) is 0.101. The fraction of sp³-hybridized carbons (Fsp3) is 0.542. The molecule has 0 bridgehead atoms. The molecule has 0 saturated carbocycles. The maximum absolute atomic E-state index is 13.4. The number of nitrogens with one attached hydrogen (secondary N) is 2. The van der Waals surface area contributed by atoms with Crippen LogP contribution in [0.15, 0.2) is 24.3 Å². The van der Waals surface area contributed by atoms with Crippen molar-refractivity contribution in [2.24, 2.45) is 5.73 Å². The van der Waals surface area contributed by atoms with E-state index >= 15 is 0 Å². The zero-order chi connectivity index (χ0) is 28.6. The fourth-order valence-corrected chi connectivity index (χ4v) is 4.33. The largest absolute Gasteiger partial charge is 1.15 e. The molecular weight excluding hydrogens is 530 g/mol. The Kier molecular flexibility index (Phi) is 14.4. The van der Waals surface area contributed by atoms with Gasteiger partial charge in [-0.1, -0.05) is 31.2 Å². The summed E-state index contributed by atoms with van der Waals surface area (Å²) >= 11 is -3.79. The van der Waals surface area contributed by atoms with E-state index in [-0.39, 0.29) is 38.4 Å². The van der Waals surface area contributed by atoms with Gasteiger partial charge in [-0.15, -0.1) is 0 Å². The van der Waals surface area contributed by atoms with Gasteiger partial charge in [0.15, 0.2) is 0 Å². The van der Waals surface area contributed by atoms with Crippen LogP contribution in [0.1, 0.15) is 18.1 Å². The van der Waals surface area contributed by atoms with Crippen molar-refractivity contribution in [2.45, 2.75) is 19.9 Å². The van der Waals surface area contributed by atoms with Crippen molar-refractivity contribution >= 4 is 45.4 Å². The Morgan fingerprint density at radius 3 is 2.08 bits per heavy atom. The second kappa shape index (κ2) is 17.5. The minimum Gasteiger partial charge on any atom is -0.561 e. The first-order valence-electron chi connectivity index (χ1n) is 12.7. The summed E-state index contributed by atoms with van der Waals surface area (Å²) in [5.41, 5.74) is 6.80. The molecule has 0 atom stereocenters. The van der Waals surface area contributed by atoms with Crippen LogP contribution in [-0.4, -0.2) is 126 Å². The maximum Gasteiger partial charge on any atom is 1.15 e. The van der Waals surface area contributed by atoms with Gasteiger partial charge >= 0.3 is 15.3 Å². The first-order valence-corrected chi connectivity index (χ1v) is 14.1. The number of carbonyl (C=O) groups is 5. The molecule has 13 nitrogen and oxygen atoms in total. The SMILES string of the molecule is CCN1CCN(CC(=O)[O][Al]([F])[O]C=O)CCN(Cc2ccc(CC(=O)NCC(=O)NCC(N)=O)cc2)CC1. The van der Waals surface area contributed by atoms with Crippen LogP contribution in [0.4, 0.5) is 3.52 Å². The van der Waals surface area contributed by atoms with Crippen molar-refractivity contribution in [1.82, 2.24) is 25.3 Å². The molecule has 1 aromatic carbocycles. The molecule has 214 valence electrons. The van der Waals surface area contributed by atoms with E-state index in [1.165, 1.54) is 0 Å². The Morgan fingerprint density at radius 1 is 0.923 bits per heavy atom. The van der Waals surface area contributed by atoms with Crippen LogP contribution in [0, 0.1) is 0 Å². The summed E-state index contributed by atoms with van der Waals surface area (Å²) in [5.74, 6) is -2.24. The van der Waals surface area contributed by atoms with E-state index in [0.29, 0.717) is 26.2 Å². The van der Waals surface area contributed by atoms with Crippen LogP contribution >= 0.6 is 0 Å². The molecule has 1 saturated heterocycles. The van der Waals surface area contributed by atoms with Gasteiger partial charge in [0.05, 0.1) is 26.1 Å². The van der Waals surface area contributed by atoms with Crippen molar-refractivity contribution in [2.75, 3.05) is 65.4 Å². The Morgan fingerprint density at radius 2 is 1.49 bits per heavy atom. The van der Waals surface area contributed by atoms with Crippen molar-refractivity contribution < 1.29 is 35.1 Å². The van der Waals surface area contributed by atoms with E-state index in [2.05, 4.69) is 34.9 Å². The molecular formula is C24H36AlFN6O7. The van der Waals surface area contributed by atoms with Crippen LogP contribution in [0.3, 0.4) is 0 Å². The molecule has 0 radical (unpaired) electrons. The van der Waals surface area contributed by atoms with Crippen molar-refractivity contribution in [3.8, 4) is 0 Å². The molecule has 1 aliphatic rings. The summed E-state index contributed by atoms with van der Waals surface area (Å²) in [6, 6.07) is 7.61. The summed E-state index contributed by atoms with van der Waals surface area (Å²) < 4.78 is 22.1. The van der Waals surface area contributed by atoms with Gasteiger partial charge in [-0.2, -0.15) is 0 Å². The van der Waals surface area contributed by atoms with Gasteiger partial charge in [0, 0.05) is 45.8 Å². The van der Waals surface area contributed by atoms with Crippen LogP contribution < -0.4 is 16.4 Å². The number of primary amides is 1. The summed E-state index contributed by atoms with van der Waals surface area (Å²) in [4.78, 5) is 63.2. The monoisotopic (exact) mass is 566 g/mol. The van der Waals surface area contributed by atoms with Gasteiger partial charge in [-0.25, -0.2) is 0 Å². The highest BCUT2D eigenvalue weighted by atomic mass is 27.3. The highest BCUT2D eigenvalue weighted by Crippen LogP contribution is 2.10. The number of hydrogen-bond donors (Lipinski definition) is 3. The number of likely N-dealkylation sites (N-methyl/N-ethyl adjacent to an activating group) is 1.